The lowest BCUT2D eigenvalue weighted by atomic mass is 10.2. The van der Waals surface area contributed by atoms with Gasteiger partial charge in [0.1, 0.15) is 0 Å². The standard InChI is InChI=1S/C10H17N3O2/c1-8(7-14)6-13-10(15)4-9(5-11-13)12(2)3/h4-5,8,14H,6-7H2,1-3H3. The van der Waals surface area contributed by atoms with Gasteiger partial charge in [0, 0.05) is 33.3 Å². The van der Waals surface area contributed by atoms with Gasteiger partial charge in [0.25, 0.3) is 5.56 Å². The Hall–Kier alpha value is -1.36. The summed E-state index contributed by atoms with van der Waals surface area (Å²) in [5.74, 6) is 0.0420. The molecule has 0 aromatic carbocycles. The second-order valence-corrected chi connectivity index (χ2v) is 3.92. The highest BCUT2D eigenvalue weighted by Crippen LogP contribution is 2.04. The first-order chi connectivity index (χ1) is 7.04. The summed E-state index contributed by atoms with van der Waals surface area (Å²) in [4.78, 5) is 13.4. The molecule has 0 aliphatic carbocycles. The van der Waals surface area contributed by atoms with Crippen LogP contribution in [0.15, 0.2) is 17.1 Å². The highest BCUT2D eigenvalue weighted by molar-refractivity contribution is 5.40. The van der Waals surface area contributed by atoms with Crippen LogP contribution < -0.4 is 10.5 Å². The van der Waals surface area contributed by atoms with Crippen molar-refractivity contribution in [3.05, 3.63) is 22.6 Å². The van der Waals surface area contributed by atoms with E-state index in [2.05, 4.69) is 5.10 Å². The van der Waals surface area contributed by atoms with Crippen LogP contribution >= 0.6 is 0 Å². The molecule has 0 bridgehead atoms. The molecule has 15 heavy (non-hydrogen) atoms. The van der Waals surface area contributed by atoms with Crippen LogP contribution in [0.1, 0.15) is 6.92 Å². The molecule has 84 valence electrons. The minimum absolute atomic E-state index is 0.0420. The lowest BCUT2D eigenvalue weighted by Crippen LogP contribution is -2.27. The Labute approximate surface area is 89.0 Å². The Morgan fingerprint density at radius 2 is 2.27 bits per heavy atom. The van der Waals surface area contributed by atoms with E-state index in [1.54, 1.807) is 6.20 Å². The predicted octanol–water partition coefficient (Wildman–Crippen LogP) is -0.0623. The normalized spacial score (nSPS) is 12.5. The van der Waals surface area contributed by atoms with Crippen LogP contribution in [-0.2, 0) is 6.54 Å². The maximum Gasteiger partial charge on any atom is 0.268 e. The van der Waals surface area contributed by atoms with Gasteiger partial charge in [0.15, 0.2) is 0 Å². The summed E-state index contributed by atoms with van der Waals surface area (Å²) in [5, 5.41) is 12.9. The molecule has 0 saturated carbocycles. The van der Waals surface area contributed by atoms with E-state index in [0.29, 0.717) is 6.54 Å². The van der Waals surface area contributed by atoms with Gasteiger partial charge >= 0.3 is 0 Å². The molecule has 0 amide bonds. The number of aromatic nitrogens is 2. The number of anilines is 1. The molecule has 0 aliphatic rings. The van der Waals surface area contributed by atoms with E-state index in [0.717, 1.165) is 5.69 Å². The Morgan fingerprint density at radius 1 is 1.60 bits per heavy atom. The van der Waals surface area contributed by atoms with Crippen molar-refractivity contribution < 1.29 is 5.11 Å². The molecule has 1 aromatic heterocycles. The van der Waals surface area contributed by atoms with E-state index >= 15 is 0 Å². The molecule has 0 fully saturated rings. The number of hydrogen-bond donors (Lipinski definition) is 1. The van der Waals surface area contributed by atoms with Gasteiger partial charge in [-0.15, -0.1) is 0 Å². The van der Waals surface area contributed by atoms with Crippen LogP contribution in [-0.4, -0.2) is 35.6 Å². The van der Waals surface area contributed by atoms with E-state index < -0.39 is 0 Å². The van der Waals surface area contributed by atoms with E-state index in [1.165, 1.54) is 10.7 Å². The highest BCUT2D eigenvalue weighted by atomic mass is 16.3. The Bertz CT molecular complexity index is 373. The first kappa shape index (κ1) is 11.7. The van der Waals surface area contributed by atoms with Crippen molar-refractivity contribution in [2.75, 3.05) is 25.6 Å². The third kappa shape index (κ3) is 3.06. The average Bonchev–Trinajstić information content (AvgIpc) is 2.20. The van der Waals surface area contributed by atoms with E-state index in [9.17, 15) is 4.79 Å². The maximum atomic E-state index is 11.6. The Morgan fingerprint density at radius 3 is 2.73 bits per heavy atom. The topological polar surface area (TPSA) is 58.4 Å². The van der Waals surface area contributed by atoms with Gasteiger partial charge in [0.05, 0.1) is 11.9 Å². The molecule has 0 aliphatic heterocycles. The quantitative estimate of drug-likeness (QED) is 0.758. The van der Waals surface area contributed by atoms with Gasteiger partial charge in [-0.3, -0.25) is 4.79 Å². The summed E-state index contributed by atoms with van der Waals surface area (Å²) in [6.07, 6.45) is 1.64. The molecular weight excluding hydrogens is 194 g/mol. The molecule has 0 saturated heterocycles. The van der Waals surface area contributed by atoms with Crippen LogP contribution in [0.2, 0.25) is 0 Å². The predicted molar refractivity (Wildman–Crippen MR) is 59.1 cm³/mol. The summed E-state index contributed by atoms with van der Waals surface area (Å²) in [5.41, 5.74) is 0.648. The average molecular weight is 211 g/mol. The van der Waals surface area contributed by atoms with Gasteiger partial charge < -0.3 is 10.0 Å². The van der Waals surface area contributed by atoms with Crippen molar-refractivity contribution in [1.82, 2.24) is 9.78 Å². The van der Waals surface area contributed by atoms with Crippen LogP contribution in [0.5, 0.6) is 0 Å². The van der Waals surface area contributed by atoms with Crippen molar-refractivity contribution >= 4 is 5.69 Å². The molecule has 1 aromatic rings. The fourth-order valence-electron chi connectivity index (χ4n) is 1.16. The van der Waals surface area contributed by atoms with Crippen molar-refractivity contribution in [3.8, 4) is 0 Å². The van der Waals surface area contributed by atoms with Gasteiger partial charge in [-0.1, -0.05) is 6.92 Å². The Balaban J connectivity index is 2.89. The van der Waals surface area contributed by atoms with E-state index in [1.807, 2.05) is 25.9 Å². The lowest BCUT2D eigenvalue weighted by Gasteiger charge is -2.13. The molecule has 1 unspecified atom stereocenters. The monoisotopic (exact) mass is 211 g/mol. The van der Waals surface area contributed by atoms with Crippen LogP contribution in [0.3, 0.4) is 0 Å². The fourth-order valence-corrected chi connectivity index (χ4v) is 1.16. The van der Waals surface area contributed by atoms with Crippen LogP contribution in [0, 0.1) is 5.92 Å². The highest BCUT2D eigenvalue weighted by Gasteiger charge is 2.05. The minimum Gasteiger partial charge on any atom is -0.396 e. The summed E-state index contributed by atoms with van der Waals surface area (Å²) >= 11 is 0. The number of nitrogens with zero attached hydrogens (tertiary/aromatic N) is 3. The van der Waals surface area contributed by atoms with Crippen LogP contribution in [0.25, 0.3) is 0 Å². The second-order valence-electron chi connectivity index (χ2n) is 3.92. The second kappa shape index (κ2) is 4.93. The van der Waals surface area contributed by atoms with Crippen molar-refractivity contribution in [2.45, 2.75) is 13.5 Å². The first-order valence-electron chi connectivity index (χ1n) is 4.90. The molecule has 1 heterocycles. The summed E-state index contributed by atoms with van der Waals surface area (Å²) in [7, 11) is 3.72. The Kier molecular flexibility index (Phi) is 3.85. The number of hydrogen-bond acceptors (Lipinski definition) is 4. The first-order valence-corrected chi connectivity index (χ1v) is 4.90. The summed E-state index contributed by atoms with van der Waals surface area (Å²) in [6.45, 7) is 2.38. The van der Waals surface area contributed by atoms with E-state index in [4.69, 9.17) is 5.11 Å². The SMILES string of the molecule is CC(CO)Cn1ncc(N(C)C)cc1=O. The van der Waals surface area contributed by atoms with Gasteiger partial charge in [-0.25, -0.2) is 4.68 Å². The van der Waals surface area contributed by atoms with Crippen molar-refractivity contribution in [1.29, 1.82) is 0 Å². The van der Waals surface area contributed by atoms with Crippen LogP contribution in [0.4, 0.5) is 5.69 Å². The van der Waals surface area contributed by atoms with Crippen molar-refractivity contribution in [2.24, 2.45) is 5.92 Å². The number of rotatable bonds is 4. The third-order valence-corrected chi connectivity index (χ3v) is 2.17. The summed E-state index contributed by atoms with van der Waals surface area (Å²) in [6, 6.07) is 1.54. The molecule has 1 N–H and O–H groups in total. The summed E-state index contributed by atoms with van der Waals surface area (Å²) < 4.78 is 1.37. The molecule has 1 rings (SSSR count). The largest absolute Gasteiger partial charge is 0.396 e. The smallest absolute Gasteiger partial charge is 0.268 e. The van der Waals surface area contributed by atoms with Crippen molar-refractivity contribution in [3.63, 3.8) is 0 Å². The number of aliphatic hydroxyl groups excluding tert-OH is 1. The molecular formula is C10H17N3O2. The molecule has 0 radical (unpaired) electrons. The molecule has 0 spiro atoms. The number of aliphatic hydroxyl groups is 1. The van der Waals surface area contributed by atoms with Gasteiger partial charge in [0.2, 0.25) is 0 Å². The van der Waals surface area contributed by atoms with E-state index in [-0.39, 0.29) is 18.1 Å². The third-order valence-electron chi connectivity index (χ3n) is 2.17. The zero-order valence-electron chi connectivity index (χ0n) is 9.34. The maximum absolute atomic E-state index is 11.6. The molecule has 1 atom stereocenters. The zero-order valence-corrected chi connectivity index (χ0v) is 9.34. The van der Waals surface area contributed by atoms with Gasteiger partial charge in [-0.2, -0.15) is 5.10 Å². The molecule has 5 nitrogen and oxygen atoms in total. The fraction of sp³-hybridized carbons (Fsp3) is 0.600. The lowest BCUT2D eigenvalue weighted by molar-refractivity contribution is 0.217. The minimum atomic E-state index is -0.137. The zero-order chi connectivity index (χ0) is 11.4. The van der Waals surface area contributed by atoms with Gasteiger partial charge in [-0.05, 0) is 5.92 Å². The molecule has 5 heteroatoms.